The highest BCUT2D eigenvalue weighted by Crippen LogP contribution is 2.30. The van der Waals surface area contributed by atoms with Crippen molar-refractivity contribution in [1.29, 1.82) is 0 Å². The fourth-order valence-electron chi connectivity index (χ4n) is 1.59. The number of halogens is 3. The molecular weight excluding hydrogens is 286 g/mol. The number of benzene rings is 1. The molecule has 0 aliphatic rings. The van der Waals surface area contributed by atoms with E-state index in [-0.39, 0.29) is 5.41 Å². The second-order valence-electron chi connectivity index (χ2n) is 5.54. The zero-order chi connectivity index (χ0) is 13.2. The van der Waals surface area contributed by atoms with Crippen molar-refractivity contribution in [3.63, 3.8) is 0 Å². The Balaban J connectivity index is 2.74. The smallest absolute Gasteiger partial charge is 0.162 e. The Morgan fingerprint density at radius 1 is 1.18 bits per heavy atom. The summed E-state index contributed by atoms with van der Waals surface area (Å²) in [6, 6.07) is 3.31. The van der Waals surface area contributed by atoms with Crippen molar-refractivity contribution in [2.24, 2.45) is 5.41 Å². The van der Waals surface area contributed by atoms with E-state index in [1.807, 2.05) is 0 Å². The van der Waals surface area contributed by atoms with Gasteiger partial charge in [0.15, 0.2) is 11.6 Å². The van der Waals surface area contributed by atoms with E-state index in [0.29, 0.717) is 22.4 Å². The van der Waals surface area contributed by atoms with Gasteiger partial charge in [-0.05, 0) is 36.3 Å². The molecule has 0 spiro atoms. The topological polar surface area (TPSA) is 0 Å². The average Bonchev–Trinajstić information content (AvgIpc) is 2.23. The predicted molar refractivity (Wildman–Crippen MR) is 71.6 cm³/mol. The number of alkyl halides is 1. The molecule has 0 saturated heterocycles. The molecular formula is C14H19BrF2. The van der Waals surface area contributed by atoms with Crippen LogP contribution in [-0.2, 0) is 6.42 Å². The standard InChI is InChI=1S/C14H19BrF2/c1-9-5-6-10(13(17)12(9)16)7-8-11(15)14(2,3)4/h5-6,11H,7-8H2,1-4H3. The van der Waals surface area contributed by atoms with Crippen LogP contribution in [0.3, 0.4) is 0 Å². The Bertz CT molecular complexity index is 394. The summed E-state index contributed by atoms with van der Waals surface area (Å²) in [6.07, 6.45) is 1.35. The van der Waals surface area contributed by atoms with Gasteiger partial charge in [0.05, 0.1) is 0 Å². The summed E-state index contributed by atoms with van der Waals surface area (Å²) in [5.41, 5.74) is 0.943. The number of hydrogen-bond acceptors (Lipinski definition) is 0. The zero-order valence-electron chi connectivity index (χ0n) is 10.8. The minimum atomic E-state index is -0.718. The molecule has 0 aliphatic carbocycles. The first-order valence-electron chi connectivity index (χ1n) is 5.81. The summed E-state index contributed by atoms with van der Waals surface area (Å²) in [5, 5.41) is 0. The molecule has 96 valence electrons. The van der Waals surface area contributed by atoms with Gasteiger partial charge in [0.2, 0.25) is 0 Å². The van der Waals surface area contributed by atoms with Crippen LogP contribution >= 0.6 is 15.9 Å². The first-order valence-corrected chi connectivity index (χ1v) is 6.72. The molecule has 0 amide bonds. The van der Waals surface area contributed by atoms with Gasteiger partial charge in [0.25, 0.3) is 0 Å². The largest absolute Gasteiger partial charge is 0.203 e. The summed E-state index contributed by atoms with van der Waals surface area (Å²) < 4.78 is 27.0. The maximum Gasteiger partial charge on any atom is 0.162 e. The third-order valence-electron chi connectivity index (χ3n) is 2.96. The van der Waals surface area contributed by atoms with Crippen molar-refractivity contribution >= 4 is 15.9 Å². The summed E-state index contributed by atoms with van der Waals surface area (Å²) in [7, 11) is 0. The molecule has 1 unspecified atom stereocenters. The van der Waals surface area contributed by atoms with Crippen LogP contribution in [0.1, 0.15) is 38.3 Å². The van der Waals surface area contributed by atoms with E-state index in [2.05, 4.69) is 36.7 Å². The molecule has 0 aliphatic heterocycles. The molecule has 0 fully saturated rings. The Labute approximate surface area is 111 Å². The highest BCUT2D eigenvalue weighted by atomic mass is 79.9. The van der Waals surface area contributed by atoms with E-state index in [4.69, 9.17) is 0 Å². The van der Waals surface area contributed by atoms with Crippen LogP contribution in [0.5, 0.6) is 0 Å². The molecule has 0 N–H and O–H groups in total. The lowest BCUT2D eigenvalue weighted by Crippen LogP contribution is -2.20. The van der Waals surface area contributed by atoms with Gasteiger partial charge in [0, 0.05) is 4.83 Å². The van der Waals surface area contributed by atoms with E-state index in [1.54, 1.807) is 19.1 Å². The molecule has 1 aromatic rings. The SMILES string of the molecule is Cc1ccc(CCC(Br)C(C)(C)C)c(F)c1F. The van der Waals surface area contributed by atoms with Crippen molar-refractivity contribution in [2.45, 2.75) is 45.4 Å². The monoisotopic (exact) mass is 304 g/mol. The van der Waals surface area contributed by atoms with Gasteiger partial charge in [-0.15, -0.1) is 0 Å². The minimum Gasteiger partial charge on any atom is -0.203 e. The first-order chi connectivity index (χ1) is 7.73. The van der Waals surface area contributed by atoms with Crippen LogP contribution < -0.4 is 0 Å². The van der Waals surface area contributed by atoms with Crippen molar-refractivity contribution in [2.75, 3.05) is 0 Å². The van der Waals surface area contributed by atoms with Gasteiger partial charge in [-0.1, -0.05) is 48.8 Å². The van der Waals surface area contributed by atoms with Crippen LogP contribution in [0.15, 0.2) is 12.1 Å². The lowest BCUT2D eigenvalue weighted by molar-refractivity contribution is 0.383. The average molecular weight is 305 g/mol. The van der Waals surface area contributed by atoms with Crippen molar-refractivity contribution in [3.05, 3.63) is 34.9 Å². The lowest BCUT2D eigenvalue weighted by Gasteiger charge is -2.25. The molecule has 0 saturated carbocycles. The normalized spacial score (nSPS) is 13.8. The first kappa shape index (κ1) is 14.6. The maximum absolute atomic E-state index is 13.6. The summed E-state index contributed by atoms with van der Waals surface area (Å²) in [4.78, 5) is 0.291. The molecule has 1 atom stereocenters. The fraction of sp³-hybridized carbons (Fsp3) is 0.571. The van der Waals surface area contributed by atoms with E-state index < -0.39 is 11.6 Å². The van der Waals surface area contributed by atoms with Crippen LogP contribution in [0.2, 0.25) is 0 Å². The van der Waals surface area contributed by atoms with Gasteiger partial charge in [0.1, 0.15) is 0 Å². The van der Waals surface area contributed by atoms with Gasteiger partial charge < -0.3 is 0 Å². The Hall–Kier alpha value is -0.440. The van der Waals surface area contributed by atoms with Gasteiger partial charge in [-0.3, -0.25) is 0 Å². The number of hydrogen-bond donors (Lipinski definition) is 0. The Morgan fingerprint density at radius 3 is 2.29 bits per heavy atom. The van der Waals surface area contributed by atoms with Gasteiger partial charge in [-0.2, -0.15) is 0 Å². The van der Waals surface area contributed by atoms with Crippen molar-refractivity contribution in [1.82, 2.24) is 0 Å². The predicted octanol–water partition coefficient (Wildman–Crippen LogP) is 5.02. The molecule has 0 bridgehead atoms. The molecule has 17 heavy (non-hydrogen) atoms. The van der Waals surface area contributed by atoms with E-state index in [9.17, 15) is 8.78 Å². The number of rotatable bonds is 3. The molecule has 1 aromatic carbocycles. The maximum atomic E-state index is 13.6. The number of aryl methyl sites for hydroxylation is 2. The fourth-order valence-corrected chi connectivity index (χ4v) is 1.82. The van der Waals surface area contributed by atoms with E-state index in [0.717, 1.165) is 6.42 Å². The van der Waals surface area contributed by atoms with E-state index in [1.165, 1.54) is 0 Å². The van der Waals surface area contributed by atoms with Gasteiger partial charge >= 0.3 is 0 Å². The third kappa shape index (κ3) is 3.77. The van der Waals surface area contributed by atoms with Crippen molar-refractivity contribution < 1.29 is 8.78 Å². The second-order valence-corrected chi connectivity index (χ2v) is 6.65. The Kier molecular flexibility index (Phi) is 4.70. The highest BCUT2D eigenvalue weighted by Gasteiger charge is 2.22. The minimum absolute atomic E-state index is 0.125. The summed E-state index contributed by atoms with van der Waals surface area (Å²) in [5.74, 6) is -1.41. The molecule has 0 radical (unpaired) electrons. The van der Waals surface area contributed by atoms with Crippen molar-refractivity contribution in [3.8, 4) is 0 Å². The molecule has 0 heterocycles. The molecule has 1 rings (SSSR count). The van der Waals surface area contributed by atoms with E-state index >= 15 is 0 Å². The van der Waals surface area contributed by atoms with Crippen LogP contribution in [-0.4, -0.2) is 4.83 Å². The second kappa shape index (κ2) is 5.47. The summed E-state index contributed by atoms with van der Waals surface area (Å²) in [6.45, 7) is 7.94. The molecule has 0 aromatic heterocycles. The Morgan fingerprint density at radius 2 is 1.76 bits per heavy atom. The zero-order valence-corrected chi connectivity index (χ0v) is 12.4. The molecule has 3 heteroatoms. The van der Waals surface area contributed by atoms with Crippen LogP contribution in [0.25, 0.3) is 0 Å². The third-order valence-corrected chi connectivity index (χ3v) is 4.79. The van der Waals surface area contributed by atoms with Gasteiger partial charge in [-0.25, -0.2) is 8.78 Å². The van der Waals surface area contributed by atoms with Crippen LogP contribution in [0, 0.1) is 24.0 Å². The molecule has 0 nitrogen and oxygen atoms in total. The summed E-state index contributed by atoms with van der Waals surface area (Å²) >= 11 is 3.60. The lowest BCUT2D eigenvalue weighted by atomic mass is 9.88. The highest BCUT2D eigenvalue weighted by molar-refractivity contribution is 9.09. The van der Waals surface area contributed by atoms with Crippen LogP contribution in [0.4, 0.5) is 8.78 Å². The quantitative estimate of drug-likeness (QED) is 0.688.